The maximum atomic E-state index is 12.7. The van der Waals surface area contributed by atoms with Crippen molar-refractivity contribution >= 4 is 11.2 Å². The average molecular weight is 410 g/mol. The molecule has 0 bridgehead atoms. The molecule has 2 unspecified atom stereocenters. The van der Waals surface area contributed by atoms with Crippen molar-refractivity contribution in [3.05, 3.63) is 41.0 Å². The SMILES string of the molecule is CCCC1NC2=C(N1[O-])N(CCCCOc1ccc(OC)cc1)S(=O)N(C)C2. The van der Waals surface area contributed by atoms with Crippen LogP contribution >= 0.6 is 0 Å². The fourth-order valence-electron chi connectivity index (χ4n) is 3.37. The molecule has 2 aliphatic heterocycles. The van der Waals surface area contributed by atoms with E-state index in [2.05, 4.69) is 12.2 Å². The minimum Gasteiger partial charge on any atom is -0.756 e. The van der Waals surface area contributed by atoms with Crippen LogP contribution in [0.5, 0.6) is 11.5 Å². The van der Waals surface area contributed by atoms with Crippen molar-refractivity contribution in [3.63, 3.8) is 0 Å². The summed E-state index contributed by atoms with van der Waals surface area (Å²) in [6, 6.07) is 7.47. The van der Waals surface area contributed by atoms with Gasteiger partial charge in [-0.15, -0.1) is 0 Å². The van der Waals surface area contributed by atoms with Gasteiger partial charge in [0.15, 0.2) is 11.2 Å². The summed E-state index contributed by atoms with van der Waals surface area (Å²) in [7, 11) is 3.44. The summed E-state index contributed by atoms with van der Waals surface area (Å²) in [6.45, 7) is 3.66. The Kier molecular flexibility index (Phi) is 7.03. The van der Waals surface area contributed by atoms with E-state index in [1.165, 1.54) is 0 Å². The van der Waals surface area contributed by atoms with Gasteiger partial charge in [0, 0.05) is 13.6 Å². The van der Waals surface area contributed by atoms with Crippen LogP contribution in [0.2, 0.25) is 0 Å². The predicted molar refractivity (Wildman–Crippen MR) is 109 cm³/mol. The van der Waals surface area contributed by atoms with Crippen molar-refractivity contribution in [1.29, 1.82) is 0 Å². The number of hydroxylamine groups is 2. The third-order valence-electron chi connectivity index (χ3n) is 4.82. The zero-order chi connectivity index (χ0) is 20.1. The van der Waals surface area contributed by atoms with Crippen LogP contribution in [0, 0.1) is 5.21 Å². The maximum Gasteiger partial charge on any atom is 0.200 e. The number of rotatable bonds is 9. The van der Waals surface area contributed by atoms with Gasteiger partial charge in [-0.2, -0.15) is 0 Å². The molecule has 28 heavy (non-hydrogen) atoms. The predicted octanol–water partition coefficient (Wildman–Crippen LogP) is 2.38. The molecule has 2 atom stereocenters. The van der Waals surface area contributed by atoms with Crippen molar-refractivity contribution in [1.82, 2.24) is 19.0 Å². The van der Waals surface area contributed by atoms with Crippen molar-refractivity contribution in [2.75, 3.05) is 33.9 Å². The van der Waals surface area contributed by atoms with E-state index >= 15 is 0 Å². The smallest absolute Gasteiger partial charge is 0.200 e. The first kappa shape index (κ1) is 20.8. The standard InChI is InChI=1S/C19H29N4O4S/c1-4-7-18-20-17-14-21(2)28(25)22(19(17)23(18)24)12-5-6-13-27-16-10-8-15(26-3)9-11-16/h8-11,18,20H,4-7,12-14H2,1-3H3/q-1. The summed E-state index contributed by atoms with van der Waals surface area (Å²) in [4.78, 5) is 0. The first-order valence-corrected chi connectivity index (χ1v) is 10.7. The van der Waals surface area contributed by atoms with E-state index in [9.17, 15) is 9.42 Å². The first-order valence-electron chi connectivity index (χ1n) is 9.68. The largest absolute Gasteiger partial charge is 0.756 e. The lowest BCUT2D eigenvalue weighted by molar-refractivity contribution is 0.265. The molecule has 2 aliphatic rings. The fourth-order valence-corrected chi connectivity index (χ4v) is 4.57. The highest BCUT2D eigenvalue weighted by atomic mass is 32.2. The van der Waals surface area contributed by atoms with Gasteiger partial charge >= 0.3 is 0 Å². The van der Waals surface area contributed by atoms with E-state index in [0.29, 0.717) is 25.5 Å². The zero-order valence-electron chi connectivity index (χ0n) is 16.7. The molecule has 0 fully saturated rings. The lowest BCUT2D eigenvalue weighted by Crippen LogP contribution is -2.45. The molecule has 0 saturated heterocycles. The lowest BCUT2D eigenvalue weighted by atomic mass is 10.3. The van der Waals surface area contributed by atoms with Crippen LogP contribution < -0.4 is 14.8 Å². The molecule has 1 aromatic rings. The van der Waals surface area contributed by atoms with Crippen LogP contribution in [0.4, 0.5) is 0 Å². The van der Waals surface area contributed by atoms with Crippen molar-refractivity contribution in [2.24, 2.45) is 0 Å². The van der Waals surface area contributed by atoms with E-state index in [4.69, 9.17) is 9.47 Å². The number of ether oxygens (including phenoxy) is 2. The molecule has 0 aromatic heterocycles. The summed E-state index contributed by atoms with van der Waals surface area (Å²) in [6.07, 6.45) is 2.99. The summed E-state index contributed by atoms with van der Waals surface area (Å²) in [5, 5.41) is 17.0. The average Bonchev–Trinajstić information content (AvgIpc) is 3.00. The molecule has 0 amide bonds. The summed E-state index contributed by atoms with van der Waals surface area (Å²) in [5.74, 6) is 2.12. The number of hydrogen-bond donors (Lipinski definition) is 1. The van der Waals surface area contributed by atoms with Crippen molar-refractivity contribution < 1.29 is 13.7 Å². The highest BCUT2D eigenvalue weighted by Gasteiger charge is 2.36. The molecule has 0 aliphatic carbocycles. The van der Waals surface area contributed by atoms with E-state index in [0.717, 1.165) is 47.9 Å². The molecule has 0 radical (unpaired) electrons. The minimum atomic E-state index is -1.35. The Balaban J connectivity index is 1.52. The minimum absolute atomic E-state index is 0.264. The molecule has 3 rings (SSSR count). The molecule has 9 heteroatoms. The topological polar surface area (TPSA) is 80.3 Å². The third kappa shape index (κ3) is 4.53. The molecule has 2 heterocycles. The molecular formula is C19H29N4O4S-. The molecule has 8 nitrogen and oxygen atoms in total. The molecule has 156 valence electrons. The third-order valence-corrected chi connectivity index (χ3v) is 6.22. The number of methoxy groups -OCH3 is 1. The maximum absolute atomic E-state index is 12.7. The van der Waals surface area contributed by atoms with E-state index < -0.39 is 11.2 Å². The second kappa shape index (κ2) is 9.49. The Morgan fingerprint density at radius 3 is 2.64 bits per heavy atom. The normalized spacial score (nSPS) is 22.3. The fraction of sp³-hybridized carbons (Fsp3) is 0.579. The van der Waals surface area contributed by atoms with Gasteiger partial charge < -0.3 is 25.1 Å². The van der Waals surface area contributed by atoms with E-state index in [1.54, 1.807) is 15.7 Å². The Morgan fingerprint density at radius 2 is 1.96 bits per heavy atom. The Hall–Kier alpha value is -1.97. The highest BCUT2D eigenvalue weighted by Crippen LogP contribution is 2.31. The number of hydrogen-bond acceptors (Lipinski definition) is 6. The summed E-state index contributed by atoms with van der Waals surface area (Å²) < 4.78 is 27.1. The van der Waals surface area contributed by atoms with Crippen LogP contribution in [0.1, 0.15) is 32.6 Å². The second-order valence-electron chi connectivity index (χ2n) is 6.93. The van der Waals surface area contributed by atoms with Gasteiger partial charge in [-0.3, -0.25) is 4.31 Å². The Morgan fingerprint density at radius 1 is 1.25 bits per heavy atom. The van der Waals surface area contributed by atoms with Crippen molar-refractivity contribution in [2.45, 2.75) is 38.8 Å². The second-order valence-corrected chi connectivity index (χ2v) is 8.45. The Bertz CT molecular complexity index is 712. The van der Waals surface area contributed by atoms with Gasteiger partial charge in [-0.1, -0.05) is 13.3 Å². The number of likely N-dealkylation sites (N-methyl/N-ethyl adjacent to an activating group) is 1. The molecule has 1 aromatic carbocycles. The molecule has 1 N–H and O–H groups in total. The van der Waals surface area contributed by atoms with Gasteiger partial charge in [-0.25, -0.2) is 8.51 Å². The van der Waals surface area contributed by atoms with Gasteiger partial charge in [0.2, 0.25) is 0 Å². The molecule has 0 spiro atoms. The monoisotopic (exact) mass is 409 g/mol. The molecular weight excluding hydrogens is 380 g/mol. The van der Waals surface area contributed by atoms with Crippen molar-refractivity contribution in [3.8, 4) is 11.5 Å². The van der Waals surface area contributed by atoms with Crippen LogP contribution in [-0.4, -0.2) is 57.9 Å². The lowest BCUT2D eigenvalue weighted by Gasteiger charge is -2.41. The first-order chi connectivity index (χ1) is 13.5. The van der Waals surface area contributed by atoms with E-state index in [1.807, 2.05) is 31.3 Å². The van der Waals surface area contributed by atoms with Crippen LogP contribution in [0.15, 0.2) is 35.8 Å². The van der Waals surface area contributed by atoms with Gasteiger partial charge in [0.05, 0.1) is 32.1 Å². The van der Waals surface area contributed by atoms with Gasteiger partial charge in [-0.05, 0) is 43.5 Å². The number of unbranched alkanes of at least 4 members (excludes halogenated alkanes) is 1. The molecule has 0 saturated carbocycles. The van der Waals surface area contributed by atoms with Gasteiger partial charge in [0.1, 0.15) is 17.3 Å². The zero-order valence-corrected chi connectivity index (χ0v) is 17.5. The number of nitrogens with zero attached hydrogens (tertiary/aromatic N) is 3. The van der Waals surface area contributed by atoms with Crippen LogP contribution in [-0.2, 0) is 11.2 Å². The summed E-state index contributed by atoms with van der Waals surface area (Å²) in [5.41, 5.74) is 0.866. The van der Waals surface area contributed by atoms with Gasteiger partial charge in [0.25, 0.3) is 0 Å². The van der Waals surface area contributed by atoms with Crippen LogP contribution in [0.3, 0.4) is 0 Å². The number of benzene rings is 1. The quantitative estimate of drug-likeness (QED) is 0.631. The summed E-state index contributed by atoms with van der Waals surface area (Å²) >= 11 is -1.35. The van der Waals surface area contributed by atoms with E-state index in [-0.39, 0.29) is 6.17 Å². The Labute approximate surface area is 169 Å². The number of nitrogens with one attached hydrogen (secondary N) is 1. The van der Waals surface area contributed by atoms with Crippen LogP contribution in [0.25, 0.3) is 0 Å². The highest BCUT2D eigenvalue weighted by molar-refractivity contribution is 7.80.